The van der Waals surface area contributed by atoms with Crippen molar-refractivity contribution < 1.29 is 19.1 Å². The zero-order valence-electron chi connectivity index (χ0n) is 16.0. The lowest BCUT2D eigenvalue weighted by Gasteiger charge is -2.39. The van der Waals surface area contributed by atoms with E-state index in [0.717, 1.165) is 10.0 Å². The van der Waals surface area contributed by atoms with Gasteiger partial charge in [0.25, 0.3) is 0 Å². The second-order valence-corrected chi connectivity index (χ2v) is 8.72. The minimum absolute atomic E-state index is 0.174. The van der Waals surface area contributed by atoms with Crippen LogP contribution in [-0.2, 0) is 20.9 Å². The van der Waals surface area contributed by atoms with E-state index in [1.807, 2.05) is 52.0 Å². The Morgan fingerprint density at radius 1 is 1.15 bits per heavy atom. The summed E-state index contributed by atoms with van der Waals surface area (Å²) in [5, 5.41) is 0. The molecule has 0 aliphatic carbocycles. The van der Waals surface area contributed by atoms with Gasteiger partial charge >= 0.3 is 12.1 Å². The number of benzene rings is 1. The average Bonchev–Trinajstić information content (AvgIpc) is 2.59. The van der Waals surface area contributed by atoms with Crippen molar-refractivity contribution in [3.05, 3.63) is 34.3 Å². The number of carbonyl (C=O) groups excluding carboxylic acids is 2. The molecule has 0 aromatic heterocycles. The molecule has 1 fully saturated rings. The summed E-state index contributed by atoms with van der Waals surface area (Å²) in [6.45, 7) is 8.85. The van der Waals surface area contributed by atoms with Gasteiger partial charge in [-0.2, -0.15) is 0 Å². The van der Waals surface area contributed by atoms with Crippen molar-refractivity contribution in [3.63, 3.8) is 0 Å². The molecule has 26 heavy (non-hydrogen) atoms. The van der Waals surface area contributed by atoms with Gasteiger partial charge in [-0.1, -0.05) is 35.0 Å². The van der Waals surface area contributed by atoms with E-state index in [1.165, 1.54) is 0 Å². The van der Waals surface area contributed by atoms with Gasteiger partial charge in [0, 0.05) is 17.6 Å². The molecule has 1 aliphatic heterocycles. The Bertz CT molecular complexity index is 628. The van der Waals surface area contributed by atoms with Crippen LogP contribution in [0.2, 0.25) is 0 Å². The van der Waals surface area contributed by atoms with Crippen LogP contribution in [0.4, 0.5) is 4.79 Å². The van der Waals surface area contributed by atoms with E-state index in [9.17, 15) is 9.59 Å². The average molecular weight is 426 g/mol. The number of carbonyl (C=O) groups is 2. The molecule has 0 unspecified atom stereocenters. The molecule has 0 spiro atoms. The third-order valence-electron chi connectivity index (χ3n) is 4.77. The van der Waals surface area contributed by atoms with Crippen LogP contribution in [0.1, 0.15) is 52.5 Å². The van der Waals surface area contributed by atoms with Crippen molar-refractivity contribution in [2.75, 3.05) is 13.1 Å². The van der Waals surface area contributed by atoms with Gasteiger partial charge in [-0.15, -0.1) is 0 Å². The van der Waals surface area contributed by atoms with Gasteiger partial charge in [0.15, 0.2) is 0 Å². The second-order valence-electron chi connectivity index (χ2n) is 7.80. The van der Waals surface area contributed by atoms with Gasteiger partial charge < -0.3 is 14.4 Å². The summed E-state index contributed by atoms with van der Waals surface area (Å²) in [6, 6.07) is 7.72. The number of hydrogen-bond donors (Lipinski definition) is 0. The third kappa shape index (κ3) is 5.47. The van der Waals surface area contributed by atoms with Gasteiger partial charge in [-0.3, -0.25) is 4.79 Å². The van der Waals surface area contributed by atoms with E-state index < -0.39 is 11.0 Å². The summed E-state index contributed by atoms with van der Waals surface area (Å²) in [6.07, 6.45) is 1.59. The smallest absolute Gasteiger partial charge is 0.410 e. The van der Waals surface area contributed by atoms with Crippen molar-refractivity contribution in [2.24, 2.45) is 5.41 Å². The molecule has 0 bridgehead atoms. The topological polar surface area (TPSA) is 55.8 Å². The molecule has 0 atom stereocenters. The predicted octanol–water partition coefficient (Wildman–Crippen LogP) is 4.92. The fourth-order valence-electron chi connectivity index (χ4n) is 3.03. The van der Waals surface area contributed by atoms with Crippen molar-refractivity contribution in [3.8, 4) is 0 Å². The highest BCUT2D eigenvalue weighted by Gasteiger charge is 2.42. The van der Waals surface area contributed by atoms with Gasteiger partial charge in [-0.25, -0.2) is 4.79 Å². The number of piperidine rings is 1. The number of halogens is 1. The first-order chi connectivity index (χ1) is 12.1. The fraction of sp³-hybridized carbons (Fsp3) is 0.600. The molecule has 1 heterocycles. The molecular formula is C20H28BrNO4. The van der Waals surface area contributed by atoms with E-state index in [4.69, 9.17) is 9.47 Å². The van der Waals surface area contributed by atoms with Crippen molar-refractivity contribution in [2.45, 2.75) is 59.2 Å². The van der Waals surface area contributed by atoms with E-state index in [2.05, 4.69) is 15.9 Å². The maximum atomic E-state index is 12.7. The summed E-state index contributed by atoms with van der Waals surface area (Å²) in [5.41, 5.74) is -0.0765. The maximum Gasteiger partial charge on any atom is 0.410 e. The number of hydrogen-bond acceptors (Lipinski definition) is 4. The van der Waals surface area contributed by atoms with Crippen LogP contribution in [0.15, 0.2) is 28.7 Å². The zero-order chi connectivity index (χ0) is 19.4. The number of likely N-dealkylation sites (tertiary alicyclic amines) is 1. The largest absolute Gasteiger partial charge is 0.460 e. The molecule has 1 amide bonds. The maximum absolute atomic E-state index is 12.7. The fourth-order valence-corrected chi connectivity index (χ4v) is 3.29. The third-order valence-corrected chi connectivity index (χ3v) is 5.29. The lowest BCUT2D eigenvalue weighted by molar-refractivity contribution is -0.160. The lowest BCUT2D eigenvalue weighted by Crippen LogP contribution is -2.48. The SMILES string of the molecule is CCC1(C(=O)OCc2ccc(Br)cc2)CCN(C(=O)OC(C)(C)C)CC1. The molecule has 2 rings (SSSR count). The predicted molar refractivity (Wildman–Crippen MR) is 104 cm³/mol. The lowest BCUT2D eigenvalue weighted by atomic mass is 9.76. The summed E-state index contributed by atoms with van der Waals surface area (Å²) < 4.78 is 12.0. The summed E-state index contributed by atoms with van der Waals surface area (Å²) in [4.78, 5) is 26.6. The van der Waals surface area contributed by atoms with Gasteiger partial charge in [0.2, 0.25) is 0 Å². The molecule has 1 aromatic rings. The number of nitrogens with zero attached hydrogens (tertiary/aromatic N) is 1. The number of ether oxygens (including phenoxy) is 2. The van der Waals surface area contributed by atoms with Crippen LogP contribution in [0.5, 0.6) is 0 Å². The molecule has 5 nitrogen and oxygen atoms in total. The van der Waals surface area contributed by atoms with Crippen LogP contribution >= 0.6 is 15.9 Å². The molecule has 1 saturated heterocycles. The highest BCUT2D eigenvalue weighted by Crippen LogP contribution is 2.37. The molecule has 144 valence electrons. The Balaban J connectivity index is 1.91. The van der Waals surface area contributed by atoms with Gasteiger partial charge in [0.05, 0.1) is 5.41 Å². The Hall–Kier alpha value is -1.56. The summed E-state index contributed by atoms with van der Waals surface area (Å²) >= 11 is 3.39. The first kappa shape index (κ1) is 20.7. The van der Waals surface area contributed by atoms with Crippen LogP contribution in [0, 0.1) is 5.41 Å². The minimum atomic E-state index is -0.520. The van der Waals surface area contributed by atoms with E-state index in [0.29, 0.717) is 32.4 Å². The molecular weight excluding hydrogens is 398 g/mol. The highest BCUT2D eigenvalue weighted by atomic mass is 79.9. The van der Waals surface area contributed by atoms with Crippen LogP contribution in [-0.4, -0.2) is 35.7 Å². The van der Waals surface area contributed by atoms with Crippen molar-refractivity contribution in [1.82, 2.24) is 4.90 Å². The number of rotatable bonds is 4. The quantitative estimate of drug-likeness (QED) is 0.642. The van der Waals surface area contributed by atoms with Crippen LogP contribution in [0.25, 0.3) is 0 Å². The molecule has 1 aromatic carbocycles. The summed E-state index contributed by atoms with van der Waals surface area (Å²) in [5.74, 6) is -0.174. The van der Waals surface area contributed by atoms with Gasteiger partial charge in [-0.05, 0) is 57.7 Å². The standard InChI is InChI=1S/C20H28BrNO4/c1-5-20(17(23)25-14-15-6-8-16(21)9-7-15)10-12-22(13-11-20)18(24)26-19(2,3)4/h6-9H,5,10-14H2,1-4H3. The summed E-state index contributed by atoms with van der Waals surface area (Å²) in [7, 11) is 0. The van der Waals surface area contributed by atoms with E-state index >= 15 is 0 Å². The molecule has 0 saturated carbocycles. The Morgan fingerprint density at radius 3 is 2.23 bits per heavy atom. The monoisotopic (exact) mass is 425 g/mol. The van der Waals surface area contributed by atoms with E-state index in [1.54, 1.807) is 4.90 Å². The molecule has 0 radical (unpaired) electrons. The Kier molecular flexibility index (Phi) is 6.72. The van der Waals surface area contributed by atoms with Gasteiger partial charge in [0.1, 0.15) is 12.2 Å². The van der Waals surface area contributed by atoms with Crippen molar-refractivity contribution in [1.29, 1.82) is 0 Å². The number of amides is 1. The first-order valence-electron chi connectivity index (χ1n) is 9.05. The van der Waals surface area contributed by atoms with Crippen molar-refractivity contribution >= 4 is 28.0 Å². The Labute approximate surface area is 164 Å². The highest BCUT2D eigenvalue weighted by molar-refractivity contribution is 9.10. The minimum Gasteiger partial charge on any atom is -0.460 e. The first-order valence-corrected chi connectivity index (χ1v) is 9.84. The van der Waals surface area contributed by atoms with E-state index in [-0.39, 0.29) is 18.7 Å². The number of esters is 1. The molecule has 6 heteroatoms. The normalized spacial score (nSPS) is 16.9. The molecule has 1 aliphatic rings. The molecule has 0 N–H and O–H groups in total. The van der Waals surface area contributed by atoms with Crippen LogP contribution in [0.3, 0.4) is 0 Å². The second kappa shape index (κ2) is 8.42. The Morgan fingerprint density at radius 2 is 1.73 bits per heavy atom. The van der Waals surface area contributed by atoms with Crippen LogP contribution < -0.4 is 0 Å². The zero-order valence-corrected chi connectivity index (χ0v) is 17.6.